The van der Waals surface area contributed by atoms with Crippen molar-refractivity contribution in [3.8, 4) is 0 Å². The number of benzene rings is 1. The zero-order valence-electron chi connectivity index (χ0n) is 15.1. The van der Waals surface area contributed by atoms with Gasteiger partial charge in [-0.2, -0.15) is 0 Å². The van der Waals surface area contributed by atoms with E-state index in [0.717, 1.165) is 51.7 Å². The van der Waals surface area contributed by atoms with Crippen LogP contribution in [0.15, 0.2) is 29.3 Å². The maximum absolute atomic E-state index is 5.40. The summed E-state index contributed by atoms with van der Waals surface area (Å²) in [5.41, 5.74) is 2.43. The van der Waals surface area contributed by atoms with E-state index in [1.165, 1.54) is 11.1 Å². The summed E-state index contributed by atoms with van der Waals surface area (Å²) in [7, 11) is 1.79. The van der Waals surface area contributed by atoms with E-state index in [-0.39, 0.29) is 24.0 Å². The van der Waals surface area contributed by atoms with Gasteiger partial charge in [-0.25, -0.2) is 0 Å². The van der Waals surface area contributed by atoms with Gasteiger partial charge in [-0.3, -0.25) is 4.99 Å². The summed E-state index contributed by atoms with van der Waals surface area (Å²) < 4.78 is 10.7. The second-order valence-electron chi connectivity index (χ2n) is 5.21. The van der Waals surface area contributed by atoms with Gasteiger partial charge in [0, 0.05) is 40.0 Å². The van der Waals surface area contributed by atoms with E-state index in [4.69, 9.17) is 9.47 Å². The molecule has 0 amide bonds. The van der Waals surface area contributed by atoms with Gasteiger partial charge in [-0.05, 0) is 37.8 Å². The zero-order valence-corrected chi connectivity index (χ0v) is 17.5. The SMILES string of the molecule is CCOCCCCNC(=NC)NCc1ccc(COCC)cc1.I. The van der Waals surface area contributed by atoms with Crippen LogP contribution in [0.2, 0.25) is 0 Å². The molecule has 2 N–H and O–H groups in total. The highest BCUT2D eigenvalue weighted by atomic mass is 127. The molecular weight excluding hydrogens is 417 g/mol. The third kappa shape index (κ3) is 10.8. The molecule has 0 aliphatic heterocycles. The molecule has 1 rings (SSSR count). The fourth-order valence-electron chi connectivity index (χ4n) is 2.06. The molecule has 0 aromatic heterocycles. The van der Waals surface area contributed by atoms with Crippen LogP contribution in [-0.2, 0) is 22.6 Å². The maximum Gasteiger partial charge on any atom is 0.191 e. The molecule has 6 heteroatoms. The number of guanidine groups is 1. The number of hydrogen-bond acceptors (Lipinski definition) is 3. The number of ether oxygens (including phenoxy) is 2. The van der Waals surface area contributed by atoms with Crippen molar-refractivity contribution >= 4 is 29.9 Å². The number of nitrogens with zero attached hydrogens (tertiary/aromatic N) is 1. The highest BCUT2D eigenvalue weighted by molar-refractivity contribution is 14.0. The first-order valence-electron chi connectivity index (χ1n) is 8.48. The number of hydrogen-bond donors (Lipinski definition) is 2. The Kier molecular flexibility index (Phi) is 15.1. The molecule has 1 aromatic carbocycles. The van der Waals surface area contributed by atoms with Gasteiger partial charge < -0.3 is 20.1 Å². The van der Waals surface area contributed by atoms with E-state index in [1.807, 2.05) is 13.8 Å². The Morgan fingerprint density at radius 3 is 2.25 bits per heavy atom. The first-order valence-corrected chi connectivity index (χ1v) is 8.48. The van der Waals surface area contributed by atoms with Gasteiger partial charge in [-0.15, -0.1) is 24.0 Å². The monoisotopic (exact) mass is 449 g/mol. The number of halogens is 1. The zero-order chi connectivity index (χ0) is 16.8. The maximum atomic E-state index is 5.40. The van der Waals surface area contributed by atoms with Crippen LogP contribution in [0.3, 0.4) is 0 Å². The van der Waals surface area contributed by atoms with Crippen molar-refractivity contribution in [2.75, 3.05) is 33.4 Å². The van der Waals surface area contributed by atoms with Crippen molar-refractivity contribution in [3.63, 3.8) is 0 Å². The summed E-state index contributed by atoms with van der Waals surface area (Å²) in [5.74, 6) is 0.833. The lowest BCUT2D eigenvalue weighted by atomic mass is 10.1. The van der Waals surface area contributed by atoms with Crippen molar-refractivity contribution in [1.82, 2.24) is 10.6 Å². The average Bonchev–Trinajstić information content (AvgIpc) is 2.59. The number of aliphatic imine (C=N–C) groups is 1. The van der Waals surface area contributed by atoms with Gasteiger partial charge in [-0.1, -0.05) is 24.3 Å². The largest absolute Gasteiger partial charge is 0.382 e. The summed E-state index contributed by atoms with van der Waals surface area (Å²) in [4.78, 5) is 4.24. The molecule has 0 saturated carbocycles. The Morgan fingerprint density at radius 1 is 0.958 bits per heavy atom. The molecule has 0 atom stereocenters. The minimum absolute atomic E-state index is 0. The minimum atomic E-state index is 0. The summed E-state index contributed by atoms with van der Waals surface area (Å²) >= 11 is 0. The van der Waals surface area contributed by atoms with Crippen LogP contribution in [0.25, 0.3) is 0 Å². The molecule has 138 valence electrons. The predicted octanol–water partition coefficient (Wildman–Crippen LogP) is 3.32. The molecule has 0 saturated heterocycles. The Morgan fingerprint density at radius 2 is 1.62 bits per heavy atom. The fourth-order valence-corrected chi connectivity index (χ4v) is 2.06. The highest BCUT2D eigenvalue weighted by Crippen LogP contribution is 2.05. The summed E-state index contributed by atoms with van der Waals surface area (Å²) in [5, 5.41) is 6.65. The van der Waals surface area contributed by atoms with Gasteiger partial charge >= 0.3 is 0 Å². The molecule has 5 nitrogen and oxygen atoms in total. The predicted molar refractivity (Wildman–Crippen MR) is 111 cm³/mol. The summed E-state index contributed by atoms with van der Waals surface area (Å²) in [6, 6.07) is 8.46. The standard InChI is InChI=1S/C18H31N3O2.HI/c1-4-22-13-7-6-12-20-18(19-3)21-14-16-8-10-17(11-9-16)15-23-5-2;/h8-11H,4-7,12-15H2,1-3H3,(H2,19,20,21);1H. The van der Waals surface area contributed by atoms with E-state index >= 15 is 0 Å². The third-order valence-corrected chi connectivity index (χ3v) is 3.39. The van der Waals surface area contributed by atoms with Crippen molar-refractivity contribution in [2.24, 2.45) is 4.99 Å². The summed E-state index contributed by atoms with van der Waals surface area (Å²) in [6.07, 6.45) is 2.14. The van der Waals surface area contributed by atoms with Crippen LogP contribution < -0.4 is 10.6 Å². The molecule has 0 aliphatic rings. The Balaban J connectivity index is 0.00000529. The first-order chi connectivity index (χ1) is 11.3. The topological polar surface area (TPSA) is 54.9 Å². The quantitative estimate of drug-likeness (QED) is 0.236. The van der Waals surface area contributed by atoms with E-state index in [2.05, 4.69) is 39.9 Å². The molecule has 0 spiro atoms. The van der Waals surface area contributed by atoms with Crippen molar-refractivity contribution in [1.29, 1.82) is 0 Å². The lowest BCUT2D eigenvalue weighted by Crippen LogP contribution is -2.37. The molecule has 0 fully saturated rings. The Labute approximate surface area is 163 Å². The second-order valence-corrected chi connectivity index (χ2v) is 5.21. The van der Waals surface area contributed by atoms with Crippen molar-refractivity contribution < 1.29 is 9.47 Å². The van der Waals surface area contributed by atoms with Crippen molar-refractivity contribution in [2.45, 2.75) is 39.8 Å². The lowest BCUT2D eigenvalue weighted by molar-refractivity contribution is 0.134. The van der Waals surface area contributed by atoms with Gasteiger partial charge in [0.15, 0.2) is 5.96 Å². The van der Waals surface area contributed by atoms with Crippen LogP contribution in [-0.4, -0.2) is 39.4 Å². The molecule has 0 unspecified atom stereocenters. The molecule has 0 bridgehead atoms. The third-order valence-electron chi connectivity index (χ3n) is 3.39. The second kappa shape index (κ2) is 15.7. The Bertz CT molecular complexity index is 438. The lowest BCUT2D eigenvalue weighted by Gasteiger charge is -2.12. The smallest absolute Gasteiger partial charge is 0.191 e. The number of unbranched alkanes of at least 4 members (excludes halogenated alkanes) is 1. The Hall–Kier alpha value is -0.860. The molecule has 1 aromatic rings. The molecule has 0 aliphatic carbocycles. The van der Waals surface area contributed by atoms with Crippen molar-refractivity contribution in [3.05, 3.63) is 35.4 Å². The average molecular weight is 449 g/mol. The van der Waals surface area contributed by atoms with E-state index in [1.54, 1.807) is 7.05 Å². The number of rotatable bonds is 11. The number of nitrogens with one attached hydrogen (secondary N) is 2. The molecular formula is C18H32IN3O2. The molecule has 0 heterocycles. The van der Waals surface area contributed by atoms with Gasteiger partial charge in [0.05, 0.1) is 6.61 Å². The fraction of sp³-hybridized carbons (Fsp3) is 0.611. The summed E-state index contributed by atoms with van der Waals surface area (Å²) in [6.45, 7) is 8.73. The van der Waals surface area contributed by atoms with Crippen LogP contribution in [0.5, 0.6) is 0 Å². The highest BCUT2D eigenvalue weighted by Gasteiger charge is 1.99. The van der Waals surface area contributed by atoms with Crippen LogP contribution in [0.1, 0.15) is 37.8 Å². The van der Waals surface area contributed by atoms with Gasteiger partial charge in [0.2, 0.25) is 0 Å². The molecule has 24 heavy (non-hydrogen) atoms. The molecule has 0 radical (unpaired) electrons. The van der Waals surface area contributed by atoms with Crippen LogP contribution >= 0.6 is 24.0 Å². The van der Waals surface area contributed by atoms with Crippen LogP contribution in [0.4, 0.5) is 0 Å². The van der Waals surface area contributed by atoms with Crippen LogP contribution in [0, 0.1) is 0 Å². The van der Waals surface area contributed by atoms with Gasteiger partial charge in [0.1, 0.15) is 0 Å². The van der Waals surface area contributed by atoms with E-state index < -0.39 is 0 Å². The van der Waals surface area contributed by atoms with E-state index in [9.17, 15) is 0 Å². The minimum Gasteiger partial charge on any atom is -0.382 e. The normalized spacial score (nSPS) is 11.0. The van der Waals surface area contributed by atoms with E-state index in [0.29, 0.717) is 6.61 Å². The first kappa shape index (κ1) is 23.1. The van der Waals surface area contributed by atoms with Gasteiger partial charge in [0.25, 0.3) is 0 Å².